The van der Waals surface area contributed by atoms with E-state index in [1.54, 1.807) is 0 Å². The fraction of sp³-hybridized carbons (Fsp3) is 0.375. The van der Waals surface area contributed by atoms with E-state index in [2.05, 4.69) is 59.9 Å². The zero-order valence-corrected chi connectivity index (χ0v) is 17.4. The molecule has 148 valence electrons. The van der Waals surface area contributed by atoms with E-state index in [0.717, 1.165) is 19.3 Å². The lowest BCUT2D eigenvalue weighted by Crippen LogP contribution is -2.00. The van der Waals surface area contributed by atoms with E-state index < -0.39 is 0 Å². The molecule has 0 atom stereocenters. The molecule has 2 aromatic rings. The van der Waals surface area contributed by atoms with Gasteiger partial charge in [0.15, 0.2) is 0 Å². The molecule has 0 aromatic heterocycles. The number of carbonyl (C=O) groups is 1. The molecule has 0 saturated carbocycles. The van der Waals surface area contributed by atoms with E-state index in [1.165, 1.54) is 59.3 Å². The van der Waals surface area contributed by atoms with Crippen molar-refractivity contribution in [1.82, 2.24) is 0 Å². The van der Waals surface area contributed by atoms with Crippen molar-refractivity contribution in [3.63, 3.8) is 0 Å². The van der Waals surface area contributed by atoms with Gasteiger partial charge in [-0.05, 0) is 49.1 Å². The van der Waals surface area contributed by atoms with Gasteiger partial charge >= 0.3 is 5.97 Å². The van der Waals surface area contributed by atoms with Crippen molar-refractivity contribution < 1.29 is 9.53 Å². The third-order valence-electron chi connectivity index (χ3n) is 4.76. The topological polar surface area (TPSA) is 38.3 Å². The largest absolute Gasteiger partial charge is 0.466 e. The van der Waals surface area contributed by atoms with Gasteiger partial charge < -0.3 is 10.1 Å². The van der Waals surface area contributed by atoms with E-state index >= 15 is 0 Å². The molecule has 1 aliphatic heterocycles. The van der Waals surface area contributed by atoms with Crippen LogP contribution < -0.4 is 5.32 Å². The summed E-state index contributed by atoms with van der Waals surface area (Å²) in [5.41, 5.74) is 3.63. The van der Waals surface area contributed by atoms with Crippen LogP contribution in [0.1, 0.15) is 57.4 Å². The van der Waals surface area contributed by atoms with Crippen LogP contribution in [0.3, 0.4) is 0 Å². The average molecular weight is 396 g/mol. The lowest BCUT2D eigenvalue weighted by molar-refractivity contribution is -0.141. The van der Waals surface area contributed by atoms with Gasteiger partial charge in [0.05, 0.1) is 18.0 Å². The van der Waals surface area contributed by atoms with Crippen LogP contribution in [-0.4, -0.2) is 12.6 Å². The Morgan fingerprint density at radius 3 is 2.57 bits per heavy atom. The number of carbonyl (C=O) groups excluding carboxylic acids is 1. The number of allylic oxidation sites excluding steroid dienone is 1. The van der Waals surface area contributed by atoms with Gasteiger partial charge in [-0.25, -0.2) is 0 Å². The molecular weight excluding hydrogens is 366 g/mol. The first-order valence-electron chi connectivity index (χ1n) is 10.2. The van der Waals surface area contributed by atoms with E-state index in [-0.39, 0.29) is 5.97 Å². The van der Waals surface area contributed by atoms with Crippen molar-refractivity contribution in [2.45, 2.75) is 61.7 Å². The number of hydrogen-bond acceptors (Lipinski definition) is 4. The number of nitrogens with one attached hydrogen (secondary N) is 1. The van der Waals surface area contributed by atoms with Crippen molar-refractivity contribution >= 4 is 35.2 Å². The number of esters is 1. The molecule has 0 saturated heterocycles. The molecule has 3 nitrogen and oxygen atoms in total. The quantitative estimate of drug-likeness (QED) is 0.291. The van der Waals surface area contributed by atoms with Crippen LogP contribution in [0.15, 0.2) is 58.3 Å². The smallest absolute Gasteiger partial charge is 0.302 e. The highest BCUT2D eigenvalue weighted by atomic mass is 32.2. The van der Waals surface area contributed by atoms with Gasteiger partial charge in [0.25, 0.3) is 0 Å². The van der Waals surface area contributed by atoms with Crippen LogP contribution in [0, 0.1) is 0 Å². The third kappa shape index (κ3) is 6.45. The SMILES string of the molecule is CC(=O)OCCCCCCCCC=Cc1ccc2c(c1)Nc1ccccc1S2. The first-order valence-corrected chi connectivity index (χ1v) is 11.0. The fourth-order valence-corrected chi connectivity index (χ4v) is 4.24. The Morgan fingerprint density at radius 1 is 0.964 bits per heavy atom. The third-order valence-corrected chi connectivity index (χ3v) is 5.91. The molecular formula is C24H29NO2S. The van der Waals surface area contributed by atoms with Crippen LogP contribution in [-0.2, 0) is 9.53 Å². The van der Waals surface area contributed by atoms with Gasteiger partial charge in [0.1, 0.15) is 0 Å². The van der Waals surface area contributed by atoms with Crippen molar-refractivity contribution in [3.05, 3.63) is 54.1 Å². The number of benzene rings is 2. The minimum absolute atomic E-state index is 0.176. The number of para-hydroxylation sites is 1. The molecule has 4 heteroatoms. The maximum Gasteiger partial charge on any atom is 0.302 e. The maximum atomic E-state index is 10.7. The summed E-state index contributed by atoms with van der Waals surface area (Å²) in [6, 6.07) is 15.1. The highest BCUT2D eigenvalue weighted by Gasteiger charge is 2.14. The fourth-order valence-electron chi connectivity index (χ4n) is 3.27. The predicted octanol–water partition coefficient (Wildman–Crippen LogP) is 7.20. The Labute approximate surface area is 172 Å². The summed E-state index contributed by atoms with van der Waals surface area (Å²) in [5, 5.41) is 3.54. The molecule has 1 aliphatic rings. The Bertz CT molecular complexity index is 816. The molecule has 0 aliphatic carbocycles. The number of hydrogen-bond donors (Lipinski definition) is 1. The summed E-state index contributed by atoms with van der Waals surface area (Å²) in [6.07, 6.45) is 12.7. The molecule has 0 fully saturated rings. The van der Waals surface area contributed by atoms with Crippen molar-refractivity contribution in [2.24, 2.45) is 0 Å². The summed E-state index contributed by atoms with van der Waals surface area (Å²) in [7, 11) is 0. The van der Waals surface area contributed by atoms with Crippen LogP contribution >= 0.6 is 11.8 Å². The maximum absolute atomic E-state index is 10.7. The number of rotatable bonds is 10. The van der Waals surface area contributed by atoms with E-state index in [9.17, 15) is 4.79 Å². The first-order chi connectivity index (χ1) is 13.7. The number of anilines is 2. The molecule has 0 unspecified atom stereocenters. The molecule has 28 heavy (non-hydrogen) atoms. The molecule has 3 rings (SSSR count). The van der Waals surface area contributed by atoms with Gasteiger partial charge in [0, 0.05) is 16.7 Å². The van der Waals surface area contributed by atoms with Gasteiger partial charge in [-0.1, -0.05) is 67.8 Å². The Hall–Kier alpha value is -2.20. The van der Waals surface area contributed by atoms with E-state index in [4.69, 9.17) is 4.74 Å². The minimum Gasteiger partial charge on any atom is -0.466 e. The summed E-state index contributed by atoms with van der Waals surface area (Å²) >= 11 is 1.83. The van der Waals surface area contributed by atoms with E-state index in [0.29, 0.717) is 6.61 Å². The molecule has 1 heterocycles. The number of unbranched alkanes of at least 4 members (excludes halogenated alkanes) is 6. The summed E-state index contributed by atoms with van der Waals surface area (Å²) in [4.78, 5) is 13.2. The number of ether oxygens (including phenoxy) is 1. The highest BCUT2D eigenvalue weighted by molar-refractivity contribution is 7.99. The lowest BCUT2D eigenvalue weighted by Gasteiger charge is -2.20. The zero-order valence-electron chi connectivity index (χ0n) is 16.6. The normalized spacial score (nSPS) is 12.3. The lowest BCUT2D eigenvalue weighted by atomic mass is 10.1. The van der Waals surface area contributed by atoms with Crippen molar-refractivity contribution in [1.29, 1.82) is 0 Å². The Balaban J connectivity index is 1.33. The second-order valence-corrected chi connectivity index (χ2v) is 8.22. The van der Waals surface area contributed by atoms with Crippen LogP contribution in [0.2, 0.25) is 0 Å². The summed E-state index contributed by atoms with van der Waals surface area (Å²) in [6.45, 7) is 2.03. The second-order valence-electron chi connectivity index (χ2n) is 7.13. The van der Waals surface area contributed by atoms with Crippen LogP contribution in [0.5, 0.6) is 0 Å². The van der Waals surface area contributed by atoms with Gasteiger partial charge in [-0.3, -0.25) is 4.79 Å². The molecule has 1 N–H and O–H groups in total. The molecule has 0 radical (unpaired) electrons. The van der Waals surface area contributed by atoms with Crippen molar-refractivity contribution in [3.8, 4) is 0 Å². The highest BCUT2D eigenvalue weighted by Crippen LogP contribution is 2.44. The molecule has 0 bridgehead atoms. The molecule has 0 spiro atoms. The predicted molar refractivity (Wildman–Crippen MR) is 118 cm³/mol. The van der Waals surface area contributed by atoms with Crippen molar-refractivity contribution in [2.75, 3.05) is 11.9 Å². The second kappa shape index (κ2) is 11.0. The number of fused-ring (bicyclic) bond motifs is 2. The molecule has 2 aromatic carbocycles. The zero-order chi connectivity index (χ0) is 19.6. The van der Waals surface area contributed by atoms with Gasteiger partial charge in [-0.15, -0.1) is 0 Å². The van der Waals surface area contributed by atoms with Crippen LogP contribution in [0.25, 0.3) is 6.08 Å². The first kappa shape index (κ1) is 20.5. The monoisotopic (exact) mass is 395 g/mol. The van der Waals surface area contributed by atoms with Gasteiger partial charge in [0.2, 0.25) is 0 Å². The standard InChI is InChI=1S/C24H29NO2S/c1-19(26)27-17-11-7-5-3-2-4-6-8-12-20-15-16-24-22(18-20)25-21-13-9-10-14-23(21)28-24/h8-10,12-16,18,25H,2-7,11,17H2,1H3. The van der Waals surface area contributed by atoms with Gasteiger partial charge in [-0.2, -0.15) is 0 Å². The van der Waals surface area contributed by atoms with Crippen LogP contribution in [0.4, 0.5) is 11.4 Å². The summed E-state index contributed by atoms with van der Waals surface area (Å²) in [5.74, 6) is -0.176. The minimum atomic E-state index is -0.176. The molecule has 0 amide bonds. The van der Waals surface area contributed by atoms with E-state index in [1.807, 2.05) is 11.8 Å². The Morgan fingerprint density at radius 2 is 1.71 bits per heavy atom. The Kier molecular flexibility index (Phi) is 8.04. The average Bonchev–Trinajstić information content (AvgIpc) is 2.70. The summed E-state index contributed by atoms with van der Waals surface area (Å²) < 4.78 is 4.94.